The molecule has 92 valence electrons. The highest BCUT2D eigenvalue weighted by atomic mass is 16.2. The van der Waals surface area contributed by atoms with Crippen LogP contribution in [0.2, 0.25) is 0 Å². The summed E-state index contributed by atoms with van der Waals surface area (Å²) in [5.41, 5.74) is 1.11. The Labute approximate surface area is 101 Å². The van der Waals surface area contributed by atoms with Crippen molar-refractivity contribution < 1.29 is 4.79 Å². The zero-order valence-corrected chi connectivity index (χ0v) is 9.85. The molecule has 0 aliphatic heterocycles. The van der Waals surface area contributed by atoms with E-state index in [9.17, 15) is 4.79 Å². The molecule has 1 heterocycles. The van der Waals surface area contributed by atoms with Crippen LogP contribution >= 0.6 is 0 Å². The maximum absolute atomic E-state index is 11.3. The summed E-state index contributed by atoms with van der Waals surface area (Å²) in [5, 5.41) is 10.2. The zero-order valence-electron chi connectivity index (χ0n) is 9.85. The highest BCUT2D eigenvalue weighted by Crippen LogP contribution is 2.28. The van der Waals surface area contributed by atoms with Crippen molar-refractivity contribution in [3.05, 3.63) is 24.5 Å². The molecule has 0 saturated heterocycles. The van der Waals surface area contributed by atoms with E-state index in [1.807, 2.05) is 6.20 Å². The van der Waals surface area contributed by atoms with E-state index in [1.165, 1.54) is 0 Å². The van der Waals surface area contributed by atoms with Crippen LogP contribution in [-0.4, -0.2) is 28.8 Å². The van der Waals surface area contributed by atoms with Gasteiger partial charge in [-0.25, -0.2) is 4.68 Å². The quantitative estimate of drug-likeness (QED) is 0.679. The minimum absolute atomic E-state index is 0.200. The van der Waals surface area contributed by atoms with Gasteiger partial charge in [0.1, 0.15) is 0 Å². The summed E-state index contributed by atoms with van der Waals surface area (Å²) in [5.74, 6) is 0.493. The minimum atomic E-state index is 0.200. The summed E-state index contributed by atoms with van der Waals surface area (Å²) < 4.78 is 1.67. The number of carbonyl (C=O) groups is 1. The Bertz CT molecular complexity index is 395. The lowest BCUT2D eigenvalue weighted by atomic mass is 10.3. The molecule has 0 unspecified atom stereocenters. The summed E-state index contributed by atoms with van der Waals surface area (Å²) >= 11 is 0. The predicted octanol–water partition coefficient (Wildman–Crippen LogP) is 0.599. The first-order valence-electron chi connectivity index (χ1n) is 5.93. The fourth-order valence-electron chi connectivity index (χ4n) is 1.57. The number of hydrogen-bond acceptors (Lipinski definition) is 3. The summed E-state index contributed by atoms with van der Waals surface area (Å²) in [6, 6.07) is 0. The molecule has 1 fully saturated rings. The smallest absolute Gasteiger partial charge is 0.223 e. The van der Waals surface area contributed by atoms with Gasteiger partial charge in [0.25, 0.3) is 0 Å². The van der Waals surface area contributed by atoms with Crippen molar-refractivity contribution in [2.45, 2.75) is 19.4 Å². The topological polar surface area (TPSA) is 59.0 Å². The second kappa shape index (κ2) is 5.63. The molecule has 0 spiro atoms. The first-order valence-corrected chi connectivity index (χ1v) is 5.93. The molecule has 5 heteroatoms. The van der Waals surface area contributed by atoms with Crippen molar-refractivity contribution in [3.8, 4) is 0 Å². The van der Waals surface area contributed by atoms with E-state index in [-0.39, 0.29) is 5.91 Å². The number of nitrogens with one attached hydrogen (secondary N) is 2. The molecule has 0 radical (unpaired) electrons. The molecule has 0 bridgehead atoms. The van der Waals surface area contributed by atoms with Gasteiger partial charge in [-0.1, -0.05) is 6.58 Å². The maximum atomic E-state index is 11.3. The van der Waals surface area contributed by atoms with Crippen molar-refractivity contribution in [1.82, 2.24) is 20.4 Å². The Morgan fingerprint density at radius 1 is 1.59 bits per heavy atom. The van der Waals surface area contributed by atoms with Crippen LogP contribution in [0.1, 0.15) is 18.4 Å². The van der Waals surface area contributed by atoms with Crippen molar-refractivity contribution >= 4 is 12.1 Å². The molecule has 1 amide bonds. The van der Waals surface area contributed by atoms with Crippen LogP contribution in [0.15, 0.2) is 19.0 Å². The summed E-state index contributed by atoms with van der Waals surface area (Å²) in [4.78, 5) is 11.3. The Morgan fingerprint density at radius 3 is 3.06 bits per heavy atom. The number of amides is 1. The fraction of sp³-hybridized carbons (Fsp3) is 0.500. The van der Waals surface area contributed by atoms with Gasteiger partial charge in [0.2, 0.25) is 5.91 Å². The van der Waals surface area contributed by atoms with Gasteiger partial charge in [0, 0.05) is 43.5 Å². The van der Waals surface area contributed by atoms with E-state index in [1.54, 1.807) is 17.1 Å². The predicted molar refractivity (Wildman–Crippen MR) is 66.1 cm³/mol. The Morgan fingerprint density at radius 2 is 2.41 bits per heavy atom. The molecule has 1 aromatic heterocycles. The highest BCUT2D eigenvalue weighted by Gasteiger charge is 2.28. The van der Waals surface area contributed by atoms with Crippen molar-refractivity contribution in [2.75, 3.05) is 13.1 Å². The van der Waals surface area contributed by atoms with Gasteiger partial charge >= 0.3 is 0 Å². The van der Waals surface area contributed by atoms with Crippen LogP contribution in [0.5, 0.6) is 0 Å². The first kappa shape index (κ1) is 11.9. The first-order chi connectivity index (χ1) is 8.29. The third-order valence-electron chi connectivity index (χ3n) is 2.72. The van der Waals surface area contributed by atoms with E-state index in [4.69, 9.17) is 0 Å². The lowest BCUT2D eigenvalue weighted by Gasteiger charge is -2.04. The molecule has 0 aromatic carbocycles. The lowest BCUT2D eigenvalue weighted by molar-refractivity contribution is -0.122. The molecule has 1 aromatic rings. The van der Waals surface area contributed by atoms with E-state index < -0.39 is 0 Å². The van der Waals surface area contributed by atoms with Gasteiger partial charge in [0.15, 0.2) is 0 Å². The van der Waals surface area contributed by atoms with Gasteiger partial charge in [-0.05, 0) is 12.8 Å². The van der Waals surface area contributed by atoms with Gasteiger partial charge in [-0.15, -0.1) is 0 Å². The molecule has 17 heavy (non-hydrogen) atoms. The van der Waals surface area contributed by atoms with Gasteiger partial charge < -0.3 is 10.6 Å². The van der Waals surface area contributed by atoms with Crippen LogP contribution < -0.4 is 10.6 Å². The third kappa shape index (κ3) is 3.71. The summed E-state index contributed by atoms with van der Waals surface area (Å²) in [7, 11) is 0. The van der Waals surface area contributed by atoms with Crippen molar-refractivity contribution in [2.24, 2.45) is 5.92 Å². The largest absolute Gasteiger partial charge is 0.355 e. The van der Waals surface area contributed by atoms with Crippen LogP contribution in [-0.2, 0) is 11.3 Å². The normalized spacial score (nSPS) is 14.6. The second-order valence-corrected chi connectivity index (χ2v) is 4.25. The standard InChI is InChI=1S/C12H18N4O/c1-2-16-9-10(8-15-16)7-13-5-6-14-12(17)11-3-4-11/h2,8-9,11,13H,1,3-7H2,(H,14,17). The number of rotatable bonds is 7. The van der Waals surface area contributed by atoms with Gasteiger partial charge in [-0.3, -0.25) is 4.79 Å². The molecular formula is C12H18N4O. The highest BCUT2D eigenvalue weighted by molar-refractivity contribution is 5.80. The maximum Gasteiger partial charge on any atom is 0.223 e. The Hall–Kier alpha value is -1.62. The fourth-order valence-corrected chi connectivity index (χ4v) is 1.57. The zero-order chi connectivity index (χ0) is 12.1. The van der Waals surface area contributed by atoms with Crippen LogP contribution in [0.3, 0.4) is 0 Å². The average Bonchev–Trinajstić information content (AvgIpc) is 3.09. The number of aromatic nitrogens is 2. The molecule has 5 nitrogen and oxygen atoms in total. The monoisotopic (exact) mass is 234 g/mol. The second-order valence-electron chi connectivity index (χ2n) is 4.25. The van der Waals surface area contributed by atoms with Gasteiger partial charge in [-0.2, -0.15) is 5.10 Å². The van der Waals surface area contributed by atoms with Crippen molar-refractivity contribution in [3.63, 3.8) is 0 Å². The van der Waals surface area contributed by atoms with Gasteiger partial charge in [0.05, 0.1) is 6.20 Å². The SMILES string of the molecule is C=Cn1cc(CNCCNC(=O)C2CC2)cn1. The Kier molecular flexibility index (Phi) is 3.93. The lowest BCUT2D eigenvalue weighted by Crippen LogP contribution is -2.32. The molecule has 2 rings (SSSR count). The molecule has 1 saturated carbocycles. The van der Waals surface area contributed by atoms with Crippen LogP contribution in [0, 0.1) is 5.92 Å². The molecule has 2 N–H and O–H groups in total. The van der Waals surface area contributed by atoms with Crippen molar-refractivity contribution in [1.29, 1.82) is 0 Å². The minimum Gasteiger partial charge on any atom is -0.355 e. The Balaban J connectivity index is 1.56. The number of hydrogen-bond donors (Lipinski definition) is 2. The third-order valence-corrected chi connectivity index (χ3v) is 2.72. The van der Waals surface area contributed by atoms with Crippen LogP contribution in [0.4, 0.5) is 0 Å². The van der Waals surface area contributed by atoms with E-state index in [0.29, 0.717) is 12.5 Å². The summed E-state index contributed by atoms with van der Waals surface area (Å²) in [6.45, 7) is 5.85. The average molecular weight is 234 g/mol. The molecule has 1 aliphatic carbocycles. The van der Waals surface area contributed by atoms with Crippen LogP contribution in [0.25, 0.3) is 6.20 Å². The summed E-state index contributed by atoms with van der Waals surface area (Å²) in [6.07, 6.45) is 7.49. The molecule has 0 atom stereocenters. The number of carbonyl (C=O) groups excluding carboxylic acids is 1. The molecular weight excluding hydrogens is 216 g/mol. The van der Waals surface area contributed by atoms with E-state index in [2.05, 4.69) is 22.3 Å². The molecule has 1 aliphatic rings. The van der Waals surface area contributed by atoms with E-state index >= 15 is 0 Å². The van der Waals surface area contributed by atoms with E-state index in [0.717, 1.165) is 31.5 Å². The number of nitrogens with zero attached hydrogens (tertiary/aromatic N) is 2.